The highest BCUT2D eigenvalue weighted by molar-refractivity contribution is 6.34. The van der Waals surface area contributed by atoms with E-state index < -0.39 is 11.5 Å². The van der Waals surface area contributed by atoms with Crippen LogP contribution >= 0.6 is 23.2 Å². The number of hydrogen-bond donors (Lipinski definition) is 0. The second-order valence-electron chi connectivity index (χ2n) is 11.2. The zero-order chi connectivity index (χ0) is 31.4. The van der Waals surface area contributed by atoms with Gasteiger partial charge in [0.1, 0.15) is 17.3 Å². The van der Waals surface area contributed by atoms with Crippen LogP contribution in [0.4, 0.5) is 5.69 Å². The molecule has 1 aliphatic heterocycles. The molecule has 0 fully saturated rings. The Hall–Kier alpha value is -5.30. The average molecular weight is 640 g/mol. The van der Waals surface area contributed by atoms with E-state index in [2.05, 4.69) is 0 Å². The van der Waals surface area contributed by atoms with Crippen LogP contribution in [-0.4, -0.2) is 27.1 Å². The van der Waals surface area contributed by atoms with Gasteiger partial charge in [0.25, 0.3) is 0 Å². The van der Waals surface area contributed by atoms with Gasteiger partial charge in [-0.3, -0.25) is 9.59 Å². The van der Waals surface area contributed by atoms with Crippen LogP contribution in [0, 0.1) is 5.92 Å². The Morgan fingerprint density at radius 3 is 1.72 bits per heavy atom. The van der Waals surface area contributed by atoms with Crippen LogP contribution in [0.5, 0.6) is 0 Å². The van der Waals surface area contributed by atoms with Crippen LogP contribution in [0.15, 0.2) is 145 Å². The third-order valence-electron chi connectivity index (χ3n) is 8.66. The van der Waals surface area contributed by atoms with E-state index in [0.29, 0.717) is 49.5 Å². The molecule has 0 amide bonds. The van der Waals surface area contributed by atoms with Crippen molar-refractivity contribution in [3.8, 4) is 16.9 Å². The summed E-state index contributed by atoms with van der Waals surface area (Å²) >= 11 is 12.5. The lowest BCUT2D eigenvalue weighted by Crippen LogP contribution is -2.58. The van der Waals surface area contributed by atoms with E-state index in [-0.39, 0.29) is 22.8 Å². The first-order chi connectivity index (χ1) is 22.5. The number of carbonyl (C=O) groups is 2. The van der Waals surface area contributed by atoms with E-state index >= 15 is 9.59 Å². The van der Waals surface area contributed by atoms with Gasteiger partial charge in [0.05, 0.1) is 22.6 Å². The van der Waals surface area contributed by atoms with E-state index in [0.717, 1.165) is 0 Å². The minimum atomic E-state index is -1.55. The summed E-state index contributed by atoms with van der Waals surface area (Å²) in [4.78, 5) is 31.1. The molecular weight excluding hydrogens is 615 g/mol. The normalized spacial score (nSPS) is 18.7. The van der Waals surface area contributed by atoms with Crippen LogP contribution in [0.3, 0.4) is 0 Å². The molecule has 0 unspecified atom stereocenters. The number of aromatic nitrogens is 2. The second-order valence-corrected chi connectivity index (χ2v) is 12.1. The topological polar surface area (TPSA) is 67.6 Å². The highest BCUT2D eigenvalue weighted by atomic mass is 35.5. The maximum absolute atomic E-state index is 15.7. The van der Waals surface area contributed by atoms with Crippen molar-refractivity contribution in [3.63, 3.8) is 0 Å². The third-order valence-corrected chi connectivity index (χ3v) is 9.17. The first-order valence-electron chi connectivity index (χ1n) is 14.8. The molecule has 2 atom stereocenters. The summed E-state index contributed by atoms with van der Waals surface area (Å²) in [5.74, 6) is -1.54. The number of benzene rings is 5. The number of para-hydroxylation sites is 2. The van der Waals surface area contributed by atoms with Gasteiger partial charge < -0.3 is 0 Å². The molecular formula is C38H24Cl2N4O2. The number of hydrogen-bond acceptors (Lipinski definition) is 5. The number of nitrogens with zero attached hydrogens (tertiary/aromatic N) is 4. The molecule has 46 heavy (non-hydrogen) atoms. The molecule has 2 heterocycles. The van der Waals surface area contributed by atoms with Crippen molar-refractivity contribution < 1.29 is 9.59 Å². The van der Waals surface area contributed by atoms with Crippen molar-refractivity contribution in [1.29, 1.82) is 0 Å². The van der Waals surface area contributed by atoms with Crippen molar-refractivity contribution in [2.45, 2.75) is 5.54 Å². The van der Waals surface area contributed by atoms with Crippen LogP contribution in [0.1, 0.15) is 32.0 Å². The summed E-state index contributed by atoms with van der Waals surface area (Å²) in [5.41, 5.74) is 3.14. The van der Waals surface area contributed by atoms with Gasteiger partial charge in [-0.2, -0.15) is 10.2 Å². The molecule has 0 bridgehead atoms. The van der Waals surface area contributed by atoms with Gasteiger partial charge in [0, 0.05) is 15.6 Å². The number of hydrazone groups is 1. The molecule has 8 rings (SSSR count). The third kappa shape index (κ3) is 4.18. The minimum absolute atomic E-state index is 0.203. The summed E-state index contributed by atoms with van der Waals surface area (Å²) in [5, 5.41) is 13.0. The van der Waals surface area contributed by atoms with E-state index in [1.807, 2.05) is 115 Å². The standard InChI is InChI=1S/C38H24Cl2N4O2/c39-27-20-16-24(17-21-27)33-31-35(43(41-33)29-12-6-2-7-13-29)37(46)38(26-10-4-1-5-11-26)32(36(31)45)34(25-18-22-28(40)23-19-25)42-44(38)30-14-8-3-9-15-30/h1-23,32H/t32-,38-/m1/s1. The molecule has 1 aliphatic carbocycles. The van der Waals surface area contributed by atoms with E-state index in [9.17, 15) is 0 Å². The van der Waals surface area contributed by atoms with Gasteiger partial charge in [-0.05, 0) is 59.7 Å². The van der Waals surface area contributed by atoms with Crippen LogP contribution < -0.4 is 5.01 Å². The molecule has 6 aromatic rings. The smallest absolute Gasteiger partial charge is 0.215 e. The molecule has 2 aliphatic rings. The Labute approximate surface area is 275 Å². The zero-order valence-electron chi connectivity index (χ0n) is 24.2. The summed E-state index contributed by atoms with van der Waals surface area (Å²) in [6, 6.07) is 42.7. The molecule has 5 aromatic carbocycles. The molecule has 0 radical (unpaired) electrons. The van der Waals surface area contributed by atoms with Gasteiger partial charge in [-0.25, -0.2) is 9.69 Å². The molecule has 0 saturated carbocycles. The van der Waals surface area contributed by atoms with E-state index in [1.165, 1.54) is 0 Å². The number of rotatable bonds is 5. The molecule has 0 N–H and O–H groups in total. The maximum atomic E-state index is 15.7. The Morgan fingerprint density at radius 2 is 1.13 bits per heavy atom. The van der Waals surface area contributed by atoms with Gasteiger partial charge >= 0.3 is 0 Å². The number of ketones is 2. The summed E-state index contributed by atoms with van der Waals surface area (Å²) in [7, 11) is 0. The van der Waals surface area contributed by atoms with Crippen LogP contribution in [0.25, 0.3) is 16.9 Å². The highest BCUT2D eigenvalue weighted by Gasteiger charge is 2.66. The van der Waals surface area contributed by atoms with Crippen LogP contribution in [-0.2, 0) is 5.54 Å². The van der Waals surface area contributed by atoms with Gasteiger partial charge in [-0.15, -0.1) is 0 Å². The first-order valence-corrected chi connectivity index (χ1v) is 15.5. The molecule has 8 heteroatoms. The second kappa shape index (κ2) is 10.9. The lowest BCUT2D eigenvalue weighted by molar-refractivity contribution is 0.0741. The number of fused-ring (bicyclic) bond motifs is 2. The lowest BCUT2D eigenvalue weighted by atomic mass is 9.64. The largest absolute Gasteiger partial charge is 0.293 e. The number of Topliss-reactive ketones (excluding diaryl/α,β-unsaturated/α-hetero) is 2. The van der Waals surface area contributed by atoms with E-state index in [1.54, 1.807) is 34.0 Å². The Kier molecular flexibility index (Phi) is 6.71. The predicted octanol–water partition coefficient (Wildman–Crippen LogP) is 8.66. The van der Waals surface area contributed by atoms with Crippen LogP contribution in [0.2, 0.25) is 10.0 Å². The average Bonchev–Trinajstić information content (AvgIpc) is 3.68. The monoisotopic (exact) mass is 638 g/mol. The lowest BCUT2D eigenvalue weighted by Gasteiger charge is -2.42. The Balaban J connectivity index is 1.49. The van der Waals surface area contributed by atoms with Gasteiger partial charge in [0.2, 0.25) is 5.78 Å². The molecule has 1 aromatic heterocycles. The number of anilines is 1. The predicted molar refractivity (Wildman–Crippen MR) is 181 cm³/mol. The zero-order valence-corrected chi connectivity index (χ0v) is 25.7. The molecule has 6 nitrogen and oxygen atoms in total. The Morgan fingerprint density at radius 1 is 0.609 bits per heavy atom. The SMILES string of the molecule is O=C1c2c(-c3ccc(Cl)cc3)nn(-c3ccccc3)c2C(=O)[C@@]2(c3ccccc3)[C@@H]1C(c1ccc(Cl)cc1)=NN2c1ccccc1. The molecule has 0 spiro atoms. The van der Waals surface area contributed by atoms with Crippen molar-refractivity contribution in [3.05, 3.63) is 172 Å². The summed E-state index contributed by atoms with van der Waals surface area (Å²) < 4.78 is 1.60. The first kappa shape index (κ1) is 28.2. The van der Waals surface area contributed by atoms with Gasteiger partial charge in [-0.1, -0.05) is 114 Å². The molecule has 0 saturated heterocycles. The van der Waals surface area contributed by atoms with Crippen molar-refractivity contribution in [1.82, 2.24) is 9.78 Å². The minimum Gasteiger partial charge on any atom is -0.293 e. The highest BCUT2D eigenvalue weighted by Crippen LogP contribution is 2.53. The fourth-order valence-corrected chi connectivity index (χ4v) is 6.90. The maximum Gasteiger partial charge on any atom is 0.215 e. The van der Waals surface area contributed by atoms with E-state index in [4.69, 9.17) is 33.4 Å². The fourth-order valence-electron chi connectivity index (χ4n) is 6.65. The quantitative estimate of drug-likeness (QED) is 0.189. The Bertz CT molecular complexity index is 2150. The van der Waals surface area contributed by atoms with Crippen molar-refractivity contribution in [2.24, 2.45) is 11.0 Å². The summed E-state index contributed by atoms with van der Waals surface area (Å²) in [6.07, 6.45) is 0. The fraction of sp³-hybridized carbons (Fsp3) is 0.0526. The molecule has 222 valence electrons. The summed E-state index contributed by atoms with van der Waals surface area (Å²) in [6.45, 7) is 0. The number of carbonyl (C=O) groups excluding carboxylic acids is 2. The van der Waals surface area contributed by atoms with Gasteiger partial charge in [0.15, 0.2) is 11.3 Å². The van der Waals surface area contributed by atoms with Crippen molar-refractivity contribution >= 4 is 46.2 Å². The number of halogens is 2. The van der Waals surface area contributed by atoms with Crippen molar-refractivity contribution in [2.75, 3.05) is 5.01 Å².